The fourth-order valence-electron chi connectivity index (χ4n) is 1.70. The summed E-state index contributed by atoms with van der Waals surface area (Å²) in [4.78, 5) is 22.6. The molecule has 1 atom stereocenters. The van der Waals surface area contributed by atoms with Crippen LogP contribution in [-0.2, 0) is 4.79 Å². The number of hydrogen-bond donors (Lipinski definition) is 3. The fraction of sp³-hybridized carbons (Fsp3) is 0.429. The van der Waals surface area contributed by atoms with Crippen molar-refractivity contribution >= 4 is 17.7 Å². The number of benzene rings is 1. The summed E-state index contributed by atoms with van der Waals surface area (Å²) in [6, 6.07) is 3.82. The molecule has 0 radical (unpaired) electrons. The number of anilines is 1. The van der Waals surface area contributed by atoms with E-state index >= 15 is 0 Å². The zero-order valence-electron chi connectivity index (χ0n) is 11.7. The number of carboxylic acids is 1. The highest BCUT2D eigenvalue weighted by Gasteiger charge is 2.22. The van der Waals surface area contributed by atoms with Crippen molar-refractivity contribution in [3.8, 4) is 0 Å². The van der Waals surface area contributed by atoms with E-state index in [0.29, 0.717) is 0 Å². The Morgan fingerprint density at radius 2 is 2.00 bits per heavy atom. The van der Waals surface area contributed by atoms with Gasteiger partial charge in [-0.2, -0.15) is 0 Å². The molecule has 0 aliphatic rings. The Hall–Kier alpha value is -2.11. The number of urea groups is 1. The first-order valence-electron chi connectivity index (χ1n) is 6.35. The van der Waals surface area contributed by atoms with E-state index in [4.69, 9.17) is 5.11 Å². The number of amides is 2. The second-order valence-corrected chi connectivity index (χ2v) is 5.01. The number of halogens is 1. The van der Waals surface area contributed by atoms with Crippen LogP contribution in [0.15, 0.2) is 18.2 Å². The highest BCUT2D eigenvalue weighted by molar-refractivity contribution is 5.89. The molecule has 2 amide bonds. The van der Waals surface area contributed by atoms with Gasteiger partial charge in [-0.1, -0.05) is 19.9 Å². The first-order valence-corrected chi connectivity index (χ1v) is 6.35. The second kappa shape index (κ2) is 6.88. The van der Waals surface area contributed by atoms with Crippen LogP contribution in [0.2, 0.25) is 0 Å². The van der Waals surface area contributed by atoms with E-state index in [-0.39, 0.29) is 18.2 Å². The van der Waals surface area contributed by atoms with Crippen LogP contribution >= 0.6 is 0 Å². The third-order valence-corrected chi connectivity index (χ3v) is 2.98. The molecule has 0 aliphatic heterocycles. The molecule has 0 saturated heterocycles. The highest BCUT2D eigenvalue weighted by atomic mass is 19.1. The molecule has 110 valence electrons. The van der Waals surface area contributed by atoms with Gasteiger partial charge in [0.2, 0.25) is 0 Å². The van der Waals surface area contributed by atoms with Gasteiger partial charge in [0.1, 0.15) is 5.82 Å². The summed E-state index contributed by atoms with van der Waals surface area (Å²) in [5, 5.41) is 13.8. The minimum absolute atomic E-state index is 0.00763. The fourth-order valence-corrected chi connectivity index (χ4v) is 1.70. The van der Waals surface area contributed by atoms with Gasteiger partial charge in [-0.25, -0.2) is 9.18 Å². The van der Waals surface area contributed by atoms with Crippen molar-refractivity contribution in [3.63, 3.8) is 0 Å². The largest absolute Gasteiger partial charge is 0.481 e. The number of aliphatic carboxylic acids is 1. The maximum atomic E-state index is 13.5. The summed E-state index contributed by atoms with van der Waals surface area (Å²) in [5.74, 6) is -2.28. The Balaban J connectivity index is 2.57. The Bertz CT molecular complexity index is 503. The molecule has 0 bridgehead atoms. The van der Waals surface area contributed by atoms with Crippen molar-refractivity contribution in [2.24, 2.45) is 11.8 Å². The van der Waals surface area contributed by atoms with E-state index < -0.39 is 23.7 Å². The average molecular weight is 282 g/mol. The molecule has 0 heterocycles. The molecule has 6 heteroatoms. The summed E-state index contributed by atoms with van der Waals surface area (Å²) in [7, 11) is 0. The lowest BCUT2D eigenvalue weighted by molar-refractivity contribution is -0.142. The van der Waals surface area contributed by atoms with E-state index in [1.54, 1.807) is 26.8 Å². The Morgan fingerprint density at radius 3 is 2.50 bits per heavy atom. The van der Waals surface area contributed by atoms with Crippen molar-refractivity contribution < 1.29 is 19.1 Å². The van der Waals surface area contributed by atoms with Crippen molar-refractivity contribution in [3.05, 3.63) is 29.6 Å². The van der Waals surface area contributed by atoms with Gasteiger partial charge in [-0.05, 0) is 30.5 Å². The number of aryl methyl sites for hydroxylation is 1. The Morgan fingerprint density at radius 1 is 1.35 bits per heavy atom. The van der Waals surface area contributed by atoms with Crippen LogP contribution in [0.4, 0.5) is 14.9 Å². The molecule has 0 aromatic heterocycles. The van der Waals surface area contributed by atoms with Crippen LogP contribution < -0.4 is 10.6 Å². The first-order chi connectivity index (χ1) is 9.31. The molecule has 3 N–H and O–H groups in total. The summed E-state index contributed by atoms with van der Waals surface area (Å²) in [6.45, 7) is 5.26. The van der Waals surface area contributed by atoms with Gasteiger partial charge in [0.05, 0.1) is 11.6 Å². The van der Waals surface area contributed by atoms with Gasteiger partial charge in [-0.15, -0.1) is 0 Å². The summed E-state index contributed by atoms with van der Waals surface area (Å²) >= 11 is 0. The number of rotatable bonds is 5. The number of carboxylic acid groups (broad SMARTS) is 1. The van der Waals surface area contributed by atoms with Crippen LogP contribution in [0.5, 0.6) is 0 Å². The van der Waals surface area contributed by atoms with Gasteiger partial charge < -0.3 is 15.7 Å². The maximum Gasteiger partial charge on any atom is 0.319 e. The van der Waals surface area contributed by atoms with Crippen molar-refractivity contribution in [1.29, 1.82) is 0 Å². The van der Waals surface area contributed by atoms with Crippen LogP contribution in [0.3, 0.4) is 0 Å². The molecule has 0 saturated carbocycles. The molecule has 0 aliphatic carbocycles. The minimum atomic E-state index is -0.971. The second-order valence-electron chi connectivity index (χ2n) is 5.01. The molecule has 5 nitrogen and oxygen atoms in total. The monoisotopic (exact) mass is 282 g/mol. The number of nitrogens with one attached hydrogen (secondary N) is 2. The topological polar surface area (TPSA) is 78.4 Å². The smallest absolute Gasteiger partial charge is 0.319 e. The SMILES string of the molecule is Cc1ccc(NC(=O)NCC(C(=O)O)C(C)C)c(F)c1. The predicted molar refractivity (Wildman–Crippen MR) is 74.1 cm³/mol. The van der Waals surface area contributed by atoms with Gasteiger partial charge in [-0.3, -0.25) is 4.79 Å². The molecular weight excluding hydrogens is 263 g/mol. The summed E-state index contributed by atoms with van der Waals surface area (Å²) < 4.78 is 13.5. The van der Waals surface area contributed by atoms with Crippen molar-refractivity contribution in [1.82, 2.24) is 5.32 Å². The average Bonchev–Trinajstić information content (AvgIpc) is 2.32. The third kappa shape index (κ3) is 4.53. The minimum Gasteiger partial charge on any atom is -0.481 e. The number of carbonyl (C=O) groups is 2. The van der Waals surface area contributed by atoms with Crippen LogP contribution in [0.25, 0.3) is 0 Å². The predicted octanol–water partition coefficient (Wildman–Crippen LogP) is 2.61. The normalized spacial score (nSPS) is 12.1. The molecule has 1 aromatic carbocycles. The first kappa shape index (κ1) is 15.9. The molecule has 20 heavy (non-hydrogen) atoms. The molecule has 0 fully saturated rings. The lowest BCUT2D eigenvalue weighted by atomic mass is 9.96. The zero-order valence-corrected chi connectivity index (χ0v) is 11.7. The molecule has 1 rings (SSSR count). The van der Waals surface area contributed by atoms with E-state index in [9.17, 15) is 14.0 Å². The highest BCUT2D eigenvalue weighted by Crippen LogP contribution is 2.15. The standard InChI is InChI=1S/C14H19FN2O3/c1-8(2)10(13(18)19)7-16-14(20)17-12-5-4-9(3)6-11(12)15/h4-6,8,10H,7H2,1-3H3,(H,18,19)(H2,16,17,20). The van der Waals surface area contributed by atoms with Crippen LogP contribution in [0, 0.1) is 24.6 Å². The van der Waals surface area contributed by atoms with Gasteiger partial charge in [0.15, 0.2) is 0 Å². The quantitative estimate of drug-likeness (QED) is 0.776. The molecule has 1 unspecified atom stereocenters. The van der Waals surface area contributed by atoms with E-state index in [1.165, 1.54) is 12.1 Å². The third-order valence-electron chi connectivity index (χ3n) is 2.98. The van der Waals surface area contributed by atoms with Crippen molar-refractivity contribution in [2.75, 3.05) is 11.9 Å². The lowest BCUT2D eigenvalue weighted by Crippen LogP contribution is -2.37. The van der Waals surface area contributed by atoms with E-state index in [2.05, 4.69) is 10.6 Å². The van der Waals surface area contributed by atoms with Gasteiger partial charge in [0.25, 0.3) is 0 Å². The number of carbonyl (C=O) groups excluding carboxylic acids is 1. The summed E-state index contributed by atoms with van der Waals surface area (Å²) in [6.07, 6.45) is 0. The molecule has 0 spiro atoms. The maximum absolute atomic E-state index is 13.5. The molecular formula is C14H19FN2O3. The van der Waals surface area contributed by atoms with Crippen molar-refractivity contribution in [2.45, 2.75) is 20.8 Å². The van der Waals surface area contributed by atoms with E-state index in [0.717, 1.165) is 5.56 Å². The van der Waals surface area contributed by atoms with Gasteiger partial charge in [0, 0.05) is 6.54 Å². The van der Waals surface area contributed by atoms with Crippen LogP contribution in [0.1, 0.15) is 19.4 Å². The molecule has 1 aromatic rings. The van der Waals surface area contributed by atoms with E-state index in [1.807, 2.05) is 0 Å². The Kier molecular flexibility index (Phi) is 5.49. The van der Waals surface area contributed by atoms with Gasteiger partial charge >= 0.3 is 12.0 Å². The lowest BCUT2D eigenvalue weighted by Gasteiger charge is -2.17. The Labute approximate surface area is 117 Å². The number of hydrogen-bond acceptors (Lipinski definition) is 2. The van der Waals surface area contributed by atoms with Crippen LogP contribution in [-0.4, -0.2) is 23.7 Å². The zero-order chi connectivity index (χ0) is 15.3. The summed E-state index contributed by atoms with van der Waals surface area (Å²) in [5.41, 5.74) is 0.809.